The smallest absolute Gasteiger partial charge is 0.430 e. The quantitative estimate of drug-likeness (QED) is 0.261. The van der Waals surface area contributed by atoms with Crippen molar-refractivity contribution in [2.24, 2.45) is 17.8 Å². The predicted octanol–water partition coefficient (Wildman–Crippen LogP) is 7.83. The highest BCUT2D eigenvalue weighted by molar-refractivity contribution is 5.84. The van der Waals surface area contributed by atoms with E-state index in [2.05, 4.69) is 0 Å². The lowest BCUT2D eigenvalue weighted by atomic mass is 9.64. The molecular weight excluding hydrogens is 569 g/mol. The van der Waals surface area contributed by atoms with Crippen molar-refractivity contribution >= 4 is 11.8 Å². The first-order chi connectivity index (χ1) is 19.5. The van der Waals surface area contributed by atoms with Crippen LogP contribution in [0.15, 0.2) is 48.5 Å². The van der Waals surface area contributed by atoms with E-state index in [1.807, 2.05) is 6.92 Å². The average molecular weight is 603 g/mol. The van der Waals surface area contributed by atoms with Gasteiger partial charge in [0.2, 0.25) is 0 Å². The zero-order valence-corrected chi connectivity index (χ0v) is 22.9. The Morgan fingerprint density at radius 1 is 0.762 bits per heavy atom. The van der Waals surface area contributed by atoms with Gasteiger partial charge in [0.05, 0.1) is 5.92 Å². The summed E-state index contributed by atoms with van der Waals surface area (Å²) in [4.78, 5) is 25.0. The molecule has 0 aliphatic heterocycles. The molecule has 0 saturated heterocycles. The normalized spacial score (nSPS) is 27.7. The van der Waals surface area contributed by atoms with Crippen molar-refractivity contribution in [1.29, 1.82) is 0 Å². The number of hydrogen-bond donors (Lipinski definition) is 2. The Labute approximate surface area is 238 Å². The number of rotatable bonds is 6. The van der Waals surface area contributed by atoms with E-state index in [1.165, 1.54) is 12.1 Å². The molecule has 3 atom stereocenters. The summed E-state index contributed by atoms with van der Waals surface area (Å²) in [7, 11) is 0. The summed E-state index contributed by atoms with van der Waals surface area (Å²) >= 11 is 0. The van der Waals surface area contributed by atoms with E-state index < -0.39 is 58.5 Å². The van der Waals surface area contributed by atoms with E-state index in [0.717, 1.165) is 12.1 Å². The summed E-state index contributed by atoms with van der Waals surface area (Å²) in [6.07, 6.45) is -8.41. The van der Waals surface area contributed by atoms with Gasteiger partial charge in [0.25, 0.3) is 5.60 Å². The van der Waals surface area contributed by atoms with Gasteiger partial charge in [-0.2, -0.15) is 26.3 Å². The summed E-state index contributed by atoms with van der Waals surface area (Å²) in [6, 6.07) is 9.26. The molecule has 2 aliphatic rings. The number of hydrogen-bond acceptors (Lipinski definition) is 3. The lowest BCUT2D eigenvalue weighted by Crippen LogP contribution is -2.53. The van der Waals surface area contributed by atoms with Crippen molar-refractivity contribution in [1.82, 2.24) is 0 Å². The van der Waals surface area contributed by atoms with Crippen LogP contribution in [0.1, 0.15) is 80.9 Å². The monoisotopic (exact) mass is 602 g/mol. The molecule has 0 bridgehead atoms. The maximum absolute atomic E-state index is 13.9. The van der Waals surface area contributed by atoms with Crippen LogP contribution in [0.3, 0.4) is 0 Å². The van der Waals surface area contributed by atoms with Crippen molar-refractivity contribution in [3.63, 3.8) is 0 Å². The summed E-state index contributed by atoms with van der Waals surface area (Å²) < 4.78 is 94.5. The minimum Gasteiger partial charge on any atom is -0.481 e. The molecule has 0 heterocycles. The van der Waals surface area contributed by atoms with Crippen molar-refractivity contribution in [3.05, 3.63) is 71.0 Å². The number of alkyl halides is 6. The topological polar surface area (TPSA) is 74.6 Å². The van der Waals surface area contributed by atoms with Crippen molar-refractivity contribution < 1.29 is 50.5 Å². The molecule has 11 heteroatoms. The summed E-state index contributed by atoms with van der Waals surface area (Å²) in [5, 5.41) is 19.1. The molecule has 0 aromatic heterocycles. The Morgan fingerprint density at radius 3 is 1.79 bits per heavy atom. The Kier molecular flexibility index (Phi) is 8.84. The second kappa shape index (κ2) is 11.6. The second-order valence-electron chi connectivity index (χ2n) is 11.9. The minimum atomic E-state index is -6.01. The highest BCUT2D eigenvalue weighted by Crippen LogP contribution is 2.53. The van der Waals surface area contributed by atoms with Gasteiger partial charge in [-0.05, 0) is 74.1 Å². The molecule has 0 amide bonds. The summed E-state index contributed by atoms with van der Waals surface area (Å²) in [5.41, 5.74) is -6.12. The van der Waals surface area contributed by atoms with Crippen LogP contribution in [0.5, 0.6) is 0 Å². The number of ketones is 1. The molecule has 230 valence electrons. The third-order valence-corrected chi connectivity index (χ3v) is 9.42. The molecule has 2 aliphatic carbocycles. The fraction of sp³-hybridized carbons (Fsp3) is 0.548. The molecule has 2 unspecified atom stereocenters. The van der Waals surface area contributed by atoms with Gasteiger partial charge in [-0.15, -0.1) is 0 Å². The molecule has 2 aromatic rings. The Bertz CT molecular complexity index is 1250. The highest BCUT2D eigenvalue weighted by atomic mass is 19.4. The number of aliphatic carboxylic acids is 1. The van der Waals surface area contributed by atoms with Gasteiger partial charge in [0.1, 0.15) is 11.6 Å². The first-order valence-corrected chi connectivity index (χ1v) is 14.0. The van der Waals surface area contributed by atoms with Gasteiger partial charge in [0, 0.05) is 22.8 Å². The van der Waals surface area contributed by atoms with Crippen molar-refractivity contribution in [3.8, 4) is 0 Å². The number of carboxylic acid groups (broad SMARTS) is 1. The van der Waals surface area contributed by atoms with E-state index in [-0.39, 0.29) is 11.7 Å². The molecule has 2 N–H and O–H groups in total. The molecule has 0 spiro atoms. The maximum atomic E-state index is 13.9. The van der Waals surface area contributed by atoms with Gasteiger partial charge in [0.15, 0.2) is 0 Å². The molecule has 2 saturated carbocycles. The molecule has 4 rings (SSSR count). The SMILES string of the molecule is CC1(c2ccc(F)cc2)CC(C(=O)[C@H]2CC[C@@H](C(=O)O)CC2)CCC[C@H]1c1ccc(C(O)(C(F)(F)F)C(F)(F)F)cc1. The first-order valence-electron chi connectivity index (χ1n) is 14.0. The summed E-state index contributed by atoms with van der Waals surface area (Å²) in [5.74, 6) is -2.95. The Balaban J connectivity index is 1.68. The molecule has 4 nitrogen and oxygen atoms in total. The zero-order valence-electron chi connectivity index (χ0n) is 22.9. The number of halogens is 7. The number of carbonyl (C=O) groups excluding carboxylic acids is 1. The average Bonchev–Trinajstić information content (AvgIpc) is 3.11. The molecular formula is C31H33F7O4. The van der Waals surface area contributed by atoms with Crippen LogP contribution in [0, 0.1) is 23.6 Å². The van der Waals surface area contributed by atoms with Crippen molar-refractivity contribution in [2.75, 3.05) is 0 Å². The number of carboxylic acids is 1. The van der Waals surface area contributed by atoms with Crippen LogP contribution in [0.25, 0.3) is 0 Å². The standard InChI is InChI=1S/C31H33F7O4/c1-28(22-13-15-24(32)16-14-22)17-21(26(39)19-5-7-20(8-6-19)27(40)41)3-2-4-25(28)18-9-11-23(12-10-18)29(42,30(33,34)35)31(36,37)38/h9-16,19-21,25,42H,2-8,17H2,1H3,(H,40,41)/t19-,20+,21?,25-,28?/m0/s1. The first kappa shape index (κ1) is 32.0. The van der Waals surface area contributed by atoms with Crippen LogP contribution >= 0.6 is 0 Å². The van der Waals surface area contributed by atoms with Gasteiger partial charge in [-0.1, -0.05) is 49.7 Å². The van der Waals surface area contributed by atoms with E-state index in [4.69, 9.17) is 0 Å². The van der Waals surface area contributed by atoms with E-state index in [0.29, 0.717) is 74.6 Å². The minimum absolute atomic E-state index is 0.0311. The maximum Gasteiger partial charge on any atom is 0.430 e. The fourth-order valence-corrected chi connectivity index (χ4v) is 6.97. The van der Waals surface area contributed by atoms with E-state index in [1.54, 1.807) is 12.1 Å². The van der Waals surface area contributed by atoms with Gasteiger partial charge in [-0.25, -0.2) is 4.39 Å². The van der Waals surface area contributed by atoms with Crippen LogP contribution in [0.4, 0.5) is 30.7 Å². The van der Waals surface area contributed by atoms with Crippen LogP contribution in [-0.4, -0.2) is 34.3 Å². The summed E-state index contributed by atoms with van der Waals surface area (Å²) in [6.45, 7) is 1.87. The Morgan fingerprint density at radius 2 is 1.29 bits per heavy atom. The van der Waals surface area contributed by atoms with Crippen molar-refractivity contribution in [2.45, 2.75) is 87.6 Å². The third kappa shape index (κ3) is 5.94. The third-order valence-electron chi connectivity index (χ3n) is 9.42. The lowest BCUT2D eigenvalue weighted by Gasteiger charge is -2.40. The largest absolute Gasteiger partial charge is 0.481 e. The van der Waals surface area contributed by atoms with Crippen LogP contribution < -0.4 is 0 Å². The highest BCUT2D eigenvalue weighted by Gasteiger charge is 2.71. The zero-order chi connectivity index (χ0) is 31.1. The van der Waals surface area contributed by atoms with Gasteiger partial charge in [-0.3, -0.25) is 9.59 Å². The van der Waals surface area contributed by atoms with E-state index >= 15 is 0 Å². The number of aliphatic hydroxyl groups is 1. The molecule has 42 heavy (non-hydrogen) atoms. The molecule has 2 aromatic carbocycles. The molecule has 0 radical (unpaired) electrons. The fourth-order valence-electron chi connectivity index (χ4n) is 6.97. The predicted molar refractivity (Wildman–Crippen MR) is 139 cm³/mol. The second-order valence-corrected chi connectivity index (χ2v) is 11.9. The van der Waals surface area contributed by atoms with Gasteiger partial charge < -0.3 is 10.2 Å². The lowest BCUT2D eigenvalue weighted by molar-refractivity contribution is -0.376. The number of benzene rings is 2. The number of carbonyl (C=O) groups is 2. The Hall–Kier alpha value is -2.95. The van der Waals surface area contributed by atoms with Crippen LogP contribution in [-0.2, 0) is 20.6 Å². The van der Waals surface area contributed by atoms with E-state index in [9.17, 15) is 50.5 Å². The van der Waals surface area contributed by atoms with Crippen LogP contribution in [0.2, 0.25) is 0 Å². The molecule has 2 fully saturated rings. The van der Waals surface area contributed by atoms with Gasteiger partial charge >= 0.3 is 18.3 Å². The number of Topliss-reactive ketones (excluding diaryl/α,β-unsaturated/α-hetero) is 1.